The average Bonchev–Trinajstić information content (AvgIpc) is 2.84. The Balaban J connectivity index is 1.51. The Bertz CT molecular complexity index is 847. The third-order valence-electron chi connectivity index (χ3n) is 5.90. The first kappa shape index (κ1) is 25.5. The van der Waals surface area contributed by atoms with Crippen LogP contribution in [0.1, 0.15) is 74.1 Å². The highest BCUT2D eigenvalue weighted by Gasteiger charge is 2.21. The van der Waals surface area contributed by atoms with E-state index in [1.165, 1.54) is 0 Å². The van der Waals surface area contributed by atoms with Crippen molar-refractivity contribution in [3.05, 3.63) is 47.8 Å². The minimum Gasteiger partial charge on any atom is -0.459 e. The summed E-state index contributed by atoms with van der Waals surface area (Å²) in [5.41, 5.74) is 0.939. The number of esters is 2. The van der Waals surface area contributed by atoms with Crippen molar-refractivity contribution in [2.45, 2.75) is 65.6 Å². The molecular formula is C26H36N4O4. The molecule has 0 aliphatic carbocycles. The zero-order valence-corrected chi connectivity index (χ0v) is 20.7. The van der Waals surface area contributed by atoms with E-state index in [0.29, 0.717) is 11.1 Å². The van der Waals surface area contributed by atoms with Crippen LogP contribution in [-0.2, 0) is 9.47 Å². The summed E-state index contributed by atoms with van der Waals surface area (Å²) in [6.45, 7) is 11.1. The molecule has 0 radical (unpaired) electrons. The molecule has 2 aromatic heterocycles. The minimum atomic E-state index is -0.331. The number of anilines is 2. The number of pyridine rings is 2. The summed E-state index contributed by atoms with van der Waals surface area (Å²) < 4.78 is 10.9. The molecule has 1 unspecified atom stereocenters. The number of nitrogens with zero attached hydrogens (tertiary/aromatic N) is 4. The van der Waals surface area contributed by atoms with E-state index in [1.807, 2.05) is 26.0 Å². The van der Waals surface area contributed by atoms with Gasteiger partial charge in [-0.1, -0.05) is 26.7 Å². The topological polar surface area (TPSA) is 84.9 Å². The highest BCUT2D eigenvalue weighted by atomic mass is 16.5. The van der Waals surface area contributed by atoms with E-state index in [1.54, 1.807) is 24.5 Å². The SMILES string of the molecule is CCCC(C)OC(=O)c1ccc(N2CCN(c3ccc(C(=O)O[C@@H](C)CCC)cn3)CC2)nc1. The number of rotatable bonds is 10. The third-order valence-corrected chi connectivity index (χ3v) is 5.90. The van der Waals surface area contributed by atoms with Crippen LogP contribution in [0, 0.1) is 0 Å². The zero-order chi connectivity index (χ0) is 24.5. The van der Waals surface area contributed by atoms with Crippen LogP contribution in [0.5, 0.6) is 0 Å². The van der Waals surface area contributed by atoms with Crippen molar-refractivity contribution in [3.63, 3.8) is 0 Å². The van der Waals surface area contributed by atoms with Crippen molar-refractivity contribution in [1.29, 1.82) is 0 Å². The number of hydrogen-bond donors (Lipinski definition) is 0. The smallest absolute Gasteiger partial charge is 0.339 e. The van der Waals surface area contributed by atoms with Crippen molar-refractivity contribution < 1.29 is 19.1 Å². The van der Waals surface area contributed by atoms with Crippen LogP contribution in [0.15, 0.2) is 36.7 Å². The second kappa shape index (κ2) is 12.3. The molecule has 8 heteroatoms. The molecule has 184 valence electrons. The van der Waals surface area contributed by atoms with Crippen LogP contribution in [0.4, 0.5) is 11.6 Å². The maximum Gasteiger partial charge on any atom is 0.339 e. The second-order valence-corrected chi connectivity index (χ2v) is 8.79. The van der Waals surface area contributed by atoms with Gasteiger partial charge in [-0.05, 0) is 51.0 Å². The van der Waals surface area contributed by atoms with Crippen LogP contribution < -0.4 is 9.80 Å². The predicted molar refractivity (Wildman–Crippen MR) is 132 cm³/mol. The van der Waals surface area contributed by atoms with Crippen molar-refractivity contribution in [2.24, 2.45) is 0 Å². The number of carbonyl (C=O) groups is 2. The quantitative estimate of drug-likeness (QED) is 0.472. The summed E-state index contributed by atoms with van der Waals surface area (Å²) >= 11 is 0. The number of hydrogen-bond acceptors (Lipinski definition) is 8. The van der Waals surface area contributed by atoms with Gasteiger partial charge in [-0.3, -0.25) is 0 Å². The summed E-state index contributed by atoms with van der Waals surface area (Å²) in [4.78, 5) is 37.8. The molecule has 0 bridgehead atoms. The van der Waals surface area contributed by atoms with Gasteiger partial charge in [-0.15, -0.1) is 0 Å². The molecule has 0 amide bonds. The Labute approximate surface area is 202 Å². The molecule has 1 aliphatic rings. The standard InChI is InChI=1S/C26H36N4O4/c1-5-7-19(3)33-25(31)21-9-11-23(27-17-21)29-13-15-30(16-14-29)24-12-10-22(18-28-24)26(32)34-20(4)8-6-2/h9-12,17-20H,5-8,13-16H2,1-4H3/t19-,20?/m0/s1. The molecule has 0 N–H and O–H groups in total. The van der Waals surface area contributed by atoms with Crippen LogP contribution in [0.25, 0.3) is 0 Å². The molecule has 0 aromatic carbocycles. The molecule has 1 saturated heterocycles. The molecule has 2 aromatic rings. The van der Waals surface area contributed by atoms with Crippen molar-refractivity contribution >= 4 is 23.6 Å². The Hall–Kier alpha value is -3.16. The lowest BCUT2D eigenvalue weighted by Gasteiger charge is -2.36. The summed E-state index contributed by atoms with van der Waals surface area (Å²) in [7, 11) is 0. The third kappa shape index (κ3) is 6.92. The predicted octanol–water partition coefficient (Wildman–Crippen LogP) is 4.49. The monoisotopic (exact) mass is 468 g/mol. The van der Waals surface area contributed by atoms with Gasteiger partial charge >= 0.3 is 11.9 Å². The van der Waals surface area contributed by atoms with E-state index in [9.17, 15) is 9.59 Å². The van der Waals surface area contributed by atoms with Gasteiger partial charge in [0.2, 0.25) is 0 Å². The number of ether oxygens (including phenoxy) is 2. The molecule has 2 atom stereocenters. The fourth-order valence-corrected chi connectivity index (χ4v) is 3.98. The minimum absolute atomic E-state index is 0.0943. The molecule has 0 saturated carbocycles. The molecule has 3 heterocycles. The fraction of sp³-hybridized carbons (Fsp3) is 0.538. The maximum absolute atomic E-state index is 12.2. The Morgan fingerprint density at radius 2 is 1.15 bits per heavy atom. The number of aromatic nitrogens is 2. The molecule has 3 rings (SSSR count). The van der Waals surface area contributed by atoms with Gasteiger partial charge in [-0.2, -0.15) is 0 Å². The van der Waals surface area contributed by atoms with Gasteiger partial charge < -0.3 is 19.3 Å². The maximum atomic E-state index is 12.2. The van der Waals surface area contributed by atoms with Crippen LogP contribution in [0.3, 0.4) is 0 Å². The van der Waals surface area contributed by atoms with Crippen molar-refractivity contribution in [3.8, 4) is 0 Å². The van der Waals surface area contributed by atoms with E-state index in [-0.39, 0.29) is 24.1 Å². The van der Waals surface area contributed by atoms with E-state index >= 15 is 0 Å². The lowest BCUT2D eigenvalue weighted by atomic mass is 10.2. The molecule has 1 aliphatic heterocycles. The van der Waals surface area contributed by atoms with Crippen molar-refractivity contribution in [2.75, 3.05) is 36.0 Å². The molecular weight excluding hydrogens is 432 g/mol. The van der Waals surface area contributed by atoms with E-state index in [0.717, 1.165) is 63.5 Å². The van der Waals surface area contributed by atoms with Crippen LogP contribution in [0.2, 0.25) is 0 Å². The molecule has 1 fully saturated rings. The fourth-order valence-electron chi connectivity index (χ4n) is 3.98. The van der Waals surface area contributed by atoms with Crippen LogP contribution in [-0.4, -0.2) is 60.3 Å². The lowest BCUT2D eigenvalue weighted by Crippen LogP contribution is -2.47. The molecule has 0 spiro atoms. The van der Waals surface area contributed by atoms with E-state index in [4.69, 9.17) is 9.47 Å². The Kier molecular flexibility index (Phi) is 9.24. The molecule has 34 heavy (non-hydrogen) atoms. The van der Waals surface area contributed by atoms with Gasteiger partial charge in [0.05, 0.1) is 23.3 Å². The van der Waals surface area contributed by atoms with Crippen molar-refractivity contribution in [1.82, 2.24) is 9.97 Å². The van der Waals surface area contributed by atoms with Gasteiger partial charge in [0, 0.05) is 38.6 Å². The van der Waals surface area contributed by atoms with Gasteiger partial charge in [0.25, 0.3) is 0 Å². The van der Waals surface area contributed by atoms with Gasteiger partial charge in [0.15, 0.2) is 0 Å². The summed E-state index contributed by atoms with van der Waals surface area (Å²) in [6.07, 6.45) is 6.63. The van der Waals surface area contributed by atoms with Crippen LogP contribution >= 0.6 is 0 Å². The zero-order valence-electron chi connectivity index (χ0n) is 20.7. The highest BCUT2D eigenvalue weighted by Crippen LogP contribution is 2.19. The van der Waals surface area contributed by atoms with Gasteiger partial charge in [0.1, 0.15) is 11.6 Å². The first-order valence-corrected chi connectivity index (χ1v) is 12.2. The molecule has 8 nitrogen and oxygen atoms in total. The largest absolute Gasteiger partial charge is 0.459 e. The lowest BCUT2D eigenvalue weighted by molar-refractivity contribution is 0.0312. The summed E-state index contributed by atoms with van der Waals surface area (Å²) in [5.74, 6) is 1.02. The number of piperazine rings is 1. The average molecular weight is 469 g/mol. The highest BCUT2D eigenvalue weighted by molar-refractivity contribution is 5.89. The first-order valence-electron chi connectivity index (χ1n) is 12.2. The second-order valence-electron chi connectivity index (χ2n) is 8.79. The Morgan fingerprint density at radius 3 is 1.44 bits per heavy atom. The first-order chi connectivity index (χ1) is 16.4. The van der Waals surface area contributed by atoms with Gasteiger partial charge in [-0.25, -0.2) is 19.6 Å². The van der Waals surface area contributed by atoms with E-state index in [2.05, 4.69) is 33.6 Å². The van der Waals surface area contributed by atoms with E-state index < -0.39 is 0 Å². The number of carbonyl (C=O) groups excluding carboxylic acids is 2. The summed E-state index contributed by atoms with van der Waals surface area (Å²) in [5, 5.41) is 0. The Morgan fingerprint density at radius 1 is 0.765 bits per heavy atom. The summed E-state index contributed by atoms with van der Waals surface area (Å²) in [6, 6.07) is 7.29. The normalized spacial score (nSPS) is 15.5.